The lowest BCUT2D eigenvalue weighted by atomic mass is 10.1. The maximum Gasteiger partial charge on any atom is 0.222 e. The average Bonchev–Trinajstić information content (AvgIpc) is 2.46. The van der Waals surface area contributed by atoms with Crippen LogP contribution in [-0.2, 0) is 14.4 Å². The predicted octanol–water partition coefficient (Wildman–Crippen LogP) is 2.68. The van der Waals surface area contributed by atoms with Crippen molar-refractivity contribution in [1.29, 1.82) is 0 Å². The van der Waals surface area contributed by atoms with Crippen molar-refractivity contribution in [2.75, 3.05) is 19.6 Å². The molecule has 0 unspecified atom stereocenters. The molecular weight excluding hydrogens is 280 g/mol. The number of hydrogen-bond acceptors (Lipinski definition) is 3. The molecule has 0 aromatic carbocycles. The van der Waals surface area contributed by atoms with Gasteiger partial charge >= 0.3 is 0 Å². The molecule has 2 amide bonds. The van der Waals surface area contributed by atoms with Crippen molar-refractivity contribution in [1.82, 2.24) is 10.2 Å². The lowest BCUT2D eigenvalue weighted by Crippen LogP contribution is -2.39. The molecule has 0 bridgehead atoms. The molecule has 0 saturated carbocycles. The smallest absolute Gasteiger partial charge is 0.222 e. The Morgan fingerprint density at radius 3 is 2.05 bits per heavy atom. The molecule has 0 aliphatic carbocycles. The SMILES string of the molecule is CCCC(=O)CCCN(CCNC(=O)CCC)C(=O)CCC. The molecule has 0 aromatic rings. The van der Waals surface area contributed by atoms with Gasteiger partial charge in [0.25, 0.3) is 0 Å². The van der Waals surface area contributed by atoms with Crippen molar-refractivity contribution >= 4 is 17.6 Å². The van der Waals surface area contributed by atoms with Crippen LogP contribution < -0.4 is 5.32 Å². The van der Waals surface area contributed by atoms with E-state index in [-0.39, 0.29) is 17.6 Å². The second-order valence-electron chi connectivity index (χ2n) is 5.62. The molecule has 1 N–H and O–H groups in total. The van der Waals surface area contributed by atoms with Gasteiger partial charge in [0.2, 0.25) is 11.8 Å². The molecule has 5 nitrogen and oxygen atoms in total. The zero-order chi connectivity index (χ0) is 16.8. The van der Waals surface area contributed by atoms with Gasteiger partial charge in [-0.15, -0.1) is 0 Å². The Bertz CT molecular complexity index is 319. The number of ketones is 1. The minimum atomic E-state index is 0.0310. The second kappa shape index (κ2) is 13.3. The summed E-state index contributed by atoms with van der Waals surface area (Å²) in [5.41, 5.74) is 0. The van der Waals surface area contributed by atoms with Crippen LogP contribution in [0.5, 0.6) is 0 Å². The first-order valence-corrected chi connectivity index (χ1v) is 8.61. The van der Waals surface area contributed by atoms with Crippen LogP contribution in [0.15, 0.2) is 0 Å². The van der Waals surface area contributed by atoms with E-state index in [1.54, 1.807) is 4.90 Å². The summed E-state index contributed by atoms with van der Waals surface area (Å²) in [7, 11) is 0. The molecule has 0 heterocycles. The molecule has 0 aromatic heterocycles. The maximum absolute atomic E-state index is 12.1. The van der Waals surface area contributed by atoms with Gasteiger partial charge in [-0.1, -0.05) is 20.8 Å². The quantitative estimate of drug-likeness (QED) is 0.568. The minimum Gasteiger partial charge on any atom is -0.354 e. The molecule has 0 saturated heterocycles. The van der Waals surface area contributed by atoms with Gasteiger partial charge in [-0.05, 0) is 25.7 Å². The highest BCUT2D eigenvalue weighted by Crippen LogP contribution is 2.03. The molecule has 5 heteroatoms. The summed E-state index contributed by atoms with van der Waals surface area (Å²) in [6.45, 7) is 7.53. The summed E-state index contributed by atoms with van der Waals surface area (Å²) in [5, 5.41) is 2.83. The van der Waals surface area contributed by atoms with Crippen molar-refractivity contribution in [3.8, 4) is 0 Å². The Hall–Kier alpha value is -1.39. The monoisotopic (exact) mass is 312 g/mol. The van der Waals surface area contributed by atoms with E-state index < -0.39 is 0 Å². The standard InChI is InChI=1S/C17H32N2O3/c1-4-8-15(20)11-7-13-19(17(22)10-6-3)14-12-18-16(21)9-5-2/h4-14H2,1-3H3,(H,18,21). The topological polar surface area (TPSA) is 66.5 Å². The van der Waals surface area contributed by atoms with E-state index in [1.807, 2.05) is 20.8 Å². The fraction of sp³-hybridized carbons (Fsp3) is 0.824. The molecule has 128 valence electrons. The number of rotatable bonds is 13. The van der Waals surface area contributed by atoms with E-state index >= 15 is 0 Å². The largest absolute Gasteiger partial charge is 0.354 e. The first-order valence-electron chi connectivity index (χ1n) is 8.61. The summed E-state index contributed by atoms with van der Waals surface area (Å²) < 4.78 is 0. The number of Topliss-reactive ketones (excluding diaryl/α,β-unsaturated/α-hetero) is 1. The summed E-state index contributed by atoms with van der Waals surface area (Å²) in [6.07, 6.45) is 5.41. The Morgan fingerprint density at radius 2 is 1.45 bits per heavy atom. The minimum absolute atomic E-state index is 0.0310. The van der Waals surface area contributed by atoms with Crippen molar-refractivity contribution in [3.05, 3.63) is 0 Å². The molecular formula is C17H32N2O3. The van der Waals surface area contributed by atoms with Crippen LogP contribution >= 0.6 is 0 Å². The molecule has 0 radical (unpaired) electrons. The van der Waals surface area contributed by atoms with Crippen molar-refractivity contribution in [3.63, 3.8) is 0 Å². The number of nitrogens with one attached hydrogen (secondary N) is 1. The maximum atomic E-state index is 12.1. The van der Waals surface area contributed by atoms with E-state index in [9.17, 15) is 14.4 Å². The highest BCUT2D eigenvalue weighted by molar-refractivity contribution is 5.79. The predicted molar refractivity (Wildman–Crippen MR) is 88.6 cm³/mol. The van der Waals surface area contributed by atoms with Crippen molar-refractivity contribution < 1.29 is 14.4 Å². The van der Waals surface area contributed by atoms with Gasteiger partial charge in [0.05, 0.1) is 0 Å². The second-order valence-corrected chi connectivity index (χ2v) is 5.62. The molecule has 0 aliphatic heterocycles. The summed E-state index contributed by atoms with van der Waals surface area (Å²) in [6, 6.07) is 0. The van der Waals surface area contributed by atoms with Gasteiger partial charge in [0.1, 0.15) is 5.78 Å². The number of hydrogen-bond donors (Lipinski definition) is 1. The highest BCUT2D eigenvalue weighted by Gasteiger charge is 2.13. The number of carbonyl (C=O) groups excluding carboxylic acids is 3. The van der Waals surface area contributed by atoms with Crippen LogP contribution in [0.4, 0.5) is 0 Å². The van der Waals surface area contributed by atoms with Gasteiger partial charge in [0, 0.05) is 45.3 Å². The van der Waals surface area contributed by atoms with Gasteiger partial charge in [0.15, 0.2) is 0 Å². The normalized spacial score (nSPS) is 10.3. The van der Waals surface area contributed by atoms with Crippen LogP contribution in [0.3, 0.4) is 0 Å². The Morgan fingerprint density at radius 1 is 0.818 bits per heavy atom. The third-order valence-electron chi connectivity index (χ3n) is 3.41. The van der Waals surface area contributed by atoms with E-state index in [2.05, 4.69) is 5.32 Å². The van der Waals surface area contributed by atoms with E-state index in [1.165, 1.54) is 0 Å². The van der Waals surface area contributed by atoms with Crippen LogP contribution in [0, 0.1) is 0 Å². The third kappa shape index (κ3) is 10.4. The lowest BCUT2D eigenvalue weighted by Gasteiger charge is -2.22. The Kier molecular flexibility index (Phi) is 12.4. The van der Waals surface area contributed by atoms with Crippen LogP contribution in [0.1, 0.15) is 72.1 Å². The van der Waals surface area contributed by atoms with E-state index in [4.69, 9.17) is 0 Å². The highest BCUT2D eigenvalue weighted by atomic mass is 16.2. The van der Waals surface area contributed by atoms with Crippen molar-refractivity contribution in [2.24, 2.45) is 0 Å². The average molecular weight is 312 g/mol. The molecule has 0 atom stereocenters. The zero-order valence-corrected chi connectivity index (χ0v) is 14.5. The van der Waals surface area contributed by atoms with E-state index in [0.717, 1.165) is 19.3 Å². The van der Waals surface area contributed by atoms with Gasteiger partial charge in [-0.3, -0.25) is 14.4 Å². The Balaban J connectivity index is 4.18. The zero-order valence-electron chi connectivity index (χ0n) is 14.5. The van der Waals surface area contributed by atoms with Crippen LogP contribution in [0.2, 0.25) is 0 Å². The summed E-state index contributed by atoms with van der Waals surface area (Å²) in [4.78, 5) is 36.8. The van der Waals surface area contributed by atoms with Crippen LogP contribution in [0.25, 0.3) is 0 Å². The molecule has 0 aliphatic rings. The van der Waals surface area contributed by atoms with E-state index in [0.29, 0.717) is 51.7 Å². The fourth-order valence-electron chi connectivity index (χ4n) is 2.25. The lowest BCUT2D eigenvalue weighted by molar-refractivity contribution is -0.132. The number of amides is 2. The van der Waals surface area contributed by atoms with Crippen molar-refractivity contribution in [2.45, 2.75) is 72.1 Å². The number of carbonyl (C=O) groups is 3. The van der Waals surface area contributed by atoms with Gasteiger partial charge in [-0.25, -0.2) is 0 Å². The molecule has 0 rings (SSSR count). The number of nitrogens with zero attached hydrogens (tertiary/aromatic N) is 1. The first-order chi connectivity index (χ1) is 10.5. The van der Waals surface area contributed by atoms with Gasteiger partial charge in [-0.2, -0.15) is 0 Å². The van der Waals surface area contributed by atoms with Crippen LogP contribution in [-0.4, -0.2) is 42.1 Å². The first kappa shape index (κ1) is 20.6. The summed E-state index contributed by atoms with van der Waals surface area (Å²) in [5.74, 6) is 0.403. The fourth-order valence-corrected chi connectivity index (χ4v) is 2.25. The Labute approximate surface area is 134 Å². The van der Waals surface area contributed by atoms with Gasteiger partial charge < -0.3 is 10.2 Å². The molecule has 0 fully saturated rings. The summed E-state index contributed by atoms with van der Waals surface area (Å²) >= 11 is 0. The molecule has 22 heavy (non-hydrogen) atoms. The third-order valence-corrected chi connectivity index (χ3v) is 3.41. The molecule has 0 spiro atoms.